The van der Waals surface area contributed by atoms with Gasteiger partial charge in [0.15, 0.2) is 35.1 Å². The van der Waals surface area contributed by atoms with E-state index < -0.39 is 88.1 Å². The van der Waals surface area contributed by atoms with Gasteiger partial charge < -0.3 is 50.4 Å². The van der Waals surface area contributed by atoms with Crippen molar-refractivity contribution >= 4 is 60.4 Å². The molecule has 248 valence electrons. The molecule has 7 rings (SSSR count). The maximum Gasteiger partial charge on any atom is 0.472 e. The fourth-order valence-corrected chi connectivity index (χ4v) is 7.74. The molecule has 4 bridgehead atoms. The molecular weight excluding hydrogens is 682 g/mol. The van der Waals surface area contributed by atoms with Gasteiger partial charge in [0.2, 0.25) is 5.95 Å². The van der Waals surface area contributed by atoms with Gasteiger partial charge in [0.05, 0.1) is 19.5 Å². The summed E-state index contributed by atoms with van der Waals surface area (Å²) in [5, 5.41) is 22.3. The Morgan fingerprint density at radius 3 is 2.35 bits per heavy atom. The molecule has 10 atom stereocenters. The Morgan fingerprint density at radius 1 is 0.935 bits per heavy atom. The number of phosphoric ester groups is 1. The third-order valence-corrected chi connectivity index (χ3v) is 10.00. The monoisotopic (exact) mass is 706 g/mol. The lowest BCUT2D eigenvalue weighted by atomic mass is 10.1. The van der Waals surface area contributed by atoms with Gasteiger partial charge in [0, 0.05) is 0 Å². The molecule has 23 nitrogen and oxygen atoms in total. The van der Waals surface area contributed by atoms with Crippen LogP contribution in [0, 0.1) is 0 Å². The zero-order valence-electron chi connectivity index (χ0n) is 22.8. The lowest BCUT2D eigenvalue weighted by Crippen LogP contribution is -2.38. The molecule has 4 aromatic rings. The smallest absolute Gasteiger partial charge is 0.387 e. The number of rotatable bonds is 2. The third-order valence-electron chi connectivity index (χ3n) is 7.45. The number of aliphatic hydroxyl groups excluding tert-OH is 2. The highest BCUT2D eigenvalue weighted by atomic mass is 32.5. The van der Waals surface area contributed by atoms with Crippen LogP contribution in [0.3, 0.4) is 0 Å². The number of anilines is 2. The van der Waals surface area contributed by atoms with Gasteiger partial charge in [-0.3, -0.25) is 27.9 Å². The SMILES string of the molecule is Nc1nc2c(ncn2[C@@H]2O[C@@H]3COP(=O)(O)O[C@@H]4[C@H](O)[C@@H](COP(O)(=S)O[C@@H]2[C@@H]3O)O[C@H]4n2c(=O)[nH]c3c(N)ncnc32)c(=O)[nH]1. The maximum atomic E-state index is 13.2. The van der Waals surface area contributed by atoms with Crippen molar-refractivity contribution in [1.82, 2.24) is 39.0 Å². The predicted molar refractivity (Wildman–Crippen MR) is 153 cm³/mol. The summed E-state index contributed by atoms with van der Waals surface area (Å²) in [7, 11) is -5.14. The largest absolute Gasteiger partial charge is 0.472 e. The second-order valence-electron chi connectivity index (χ2n) is 10.3. The van der Waals surface area contributed by atoms with Crippen molar-refractivity contribution in [3.05, 3.63) is 33.5 Å². The number of nitrogens with two attached hydrogens (primary N) is 2. The molecule has 3 saturated heterocycles. The van der Waals surface area contributed by atoms with Crippen molar-refractivity contribution in [3.8, 4) is 0 Å². The number of nitrogens with one attached hydrogen (secondary N) is 2. The van der Waals surface area contributed by atoms with Gasteiger partial charge >= 0.3 is 20.2 Å². The molecule has 0 radical (unpaired) electrons. The molecule has 0 spiro atoms. The number of phosphoric acid groups is 1. The number of nitrogens with zero attached hydrogens (tertiary/aromatic N) is 6. The summed E-state index contributed by atoms with van der Waals surface area (Å²) >= 11 is 5.18. The number of aromatic nitrogens is 8. The van der Waals surface area contributed by atoms with Crippen LogP contribution in [-0.2, 0) is 43.9 Å². The van der Waals surface area contributed by atoms with Crippen molar-refractivity contribution in [3.63, 3.8) is 0 Å². The molecule has 10 N–H and O–H groups in total. The molecule has 0 amide bonds. The highest BCUT2D eigenvalue weighted by molar-refractivity contribution is 8.07. The Balaban J connectivity index is 1.24. The first-order valence-corrected chi connectivity index (χ1v) is 17.2. The van der Waals surface area contributed by atoms with E-state index in [0.717, 1.165) is 17.2 Å². The number of hydrogen-bond acceptors (Lipinski definition) is 18. The molecule has 4 aromatic heterocycles. The summed E-state index contributed by atoms with van der Waals surface area (Å²) in [5.41, 5.74) is 9.68. The minimum Gasteiger partial charge on any atom is -0.387 e. The van der Waals surface area contributed by atoms with Crippen LogP contribution in [0.2, 0.25) is 0 Å². The molecule has 0 aromatic carbocycles. The zero-order chi connectivity index (χ0) is 32.7. The lowest BCUT2D eigenvalue weighted by molar-refractivity contribution is -0.0655. The first kappa shape index (κ1) is 31.4. The summed E-state index contributed by atoms with van der Waals surface area (Å²) < 4.78 is 48.5. The molecule has 46 heavy (non-hydrogen) atoms. The van der Waals surface area contributed by atoms with Gasteiger partial charge in [-0.25, -0.2) is 28.9 Å². The molecule has 3 aliphatic heterocycles. The van der Waals surface area contributed by atoms with Gasteiger partial charge in [-0.05, 0) is 11.8 Å². The number of fused-ring (bicyclic) bond motifs is 6. The van der Waals surface area contributed by atoms with E-state index in [1.54, 1.807) is 0 Å². The summed E-state index contributed by atoms with van der Waals surface area (Å²) in [5.74, 6) is -0.355. The number of aromatic amines is 2. The second-order valence-corrected chi connectivity index (χ2v) is 14.5. The minimum absolute atomic E-state index is 0.0162. The Labute approximate surface area is 258 Å². The van der Waals surface area contributed by atoms with Crippen LogP contribution in [0.5, 0.6) is 0 Å². The second kappa shape index (κ2) is 11.2. The van der Waals surface area contributed by atoms with Gasteiger partial charge in [-0.1, -0.05) is 0 Å². The Kier molecular flexibility index (Phi) is 7.64. The number of nitrogen functional groups attached to an aromatic ring is 2. The highest BCUT2D eigenvalue weighted by Crippen LogP contribution is 2.53. The summed E-state index contributed by atoms with van der Waals surface area (Å²) in [4.78, 5) is 67.5. The van der Waals surface area contributed by atoms with Crippen LogP contribution in [0.25, 0.3) is 22.3 Å². The van der Waals surface area contributed by atoms with Gasteiger partial charge in [0.25, 0.3) is 5.56 Å². The summed E-state index contributed by atoms with van der Waals surface area (Å²) in [6, 6.07) is 0. The molecule has 0 aliphatic carbocycles. The zero-order valence-corrected chi connectivity index (χ0v) is 25.4. The van der Waals surface area contributed by atoms with E-state index in [2.05, 4.69) is 29.9 Å². The van der Waals surface area contributed by atoms with Crippen LogP contribution in [0.4, 0.5) is 11.8 Å². The Morgan fingerprint density at radius 2 is 1.61 bits per heavy atom. The molecule has 7 heterocycles. The maximum absolute atomic E-state index is 13.2. The Bertz CT molecular complexity index is 2050. The molecule has 3 fully saturated rings. The van der Waals surface area contributed by atoms with Crippen molar-refractivity contribution in [1.29, 1.82) is 0 Å². The average molecular weight is 706 g/mol. The number of aliphatic hydroxyl groups is 2. The summed E-state index contributed by atoms with van der Waals surface area (Å²) in [6.07, 6.45) is -10.5. The average Bonchev–Trinajstić information content (AvgIpc) is 3.70. The van der Waals surface area contributed by atoms with Crippen molar-refractivity contribution < 1.29 is 52.1 Å². The highest BCUT2D eigenvalue weighted by Gasteiger charge is 2.53. The van der Waals surface area contributed by atoms with Crippen LogP contribution >= 0.6 is 14.5 Å². The van der Waals surface area contributed by atoms with Gasteiger partial charge in [0.1, 0.15) is 48.5 Å². The Hall–Kier alpha value is -3.22. The fourth-order valence-electron chi connectivity index (χ4n) is 5.40. The van der Waals surface area contributed by atoms with Crippen LogP contribution in [-0.4, -0.2) is 109 Å². The quantitative estimate of drug-likeness (QED) is 0.0967. The van der Waals surface area contributed by atoms with E-state index >= 15 is 0 Å². The van der Waals surface area contributed by atoms with Gasteiger partial charge in [-0.2, -0.15) is 4.98 Å². The standard InChI is InChI=1S/C20H24N10O13P2S/c21-13-7-14(24-3-23-13)30(20(34)26-7)18-12-10(32)6(41-18)2-39-45(37,46)43-11-9(31)5(1-38-44(35,36)42-12)40-17(11)29-4-25-8-15(29)27-19(22)28-16(8)33/h3-6,9-12,17-18,31-32H,1-2H2,(H,26,34)(H,35,36)(H,37,46)(H2,21,23,24)(H3,22,27,28,33)/t5-,6-,9-,10-,11-,12-,17-,18-,45?/m1/s1. The normalized spacial score (nSPS) is 37.1. The van der Waals surface area contributed by atoms with E-state index in [1.165, 1.54) is 4.57 Å². The van der Waals surface area contributed by atoms with E-state index in [9.17, 15) is 34.2 Å². The number of hydrogen-bond donors (Lipinski definition) is 8. The predicted octanol–water partition coefficient (Wildman–Crippen LogP) is -2.93. The molecule has 26 heteroatoms. The number of ether oxygens (including phenoxy) is 2. The third kappa shape index (κ3) is 5.35. The molecule has 2 unspecified atom stereocenters. The number of imidazole rings is 2. The van der Waals surface area contributed by atoms with Crippen LogP contribution in [0.15, 0.2) is 22.2 Å². The summed E-state index contributed by atoms with van der Waals surface area (Å²) in [6.45, 7) is -5.85. The van der Waals surface area contributed by atoms with E-state index in [1.807, 2.05) is 0 Å². The van der Waals surface area contributed by atoms with Crippen molar-refractivity contribution in [2.75, 3.05) is 24.7 Å². The first-order valence-electron chi connectivity index (χ1n) is 13.1. The van der Waals surface area contributed by atoms with E-state index in [0.29, 0.717) is 0 Å². The first-order chi connectivity index (χ1) is 21.7. The van der Waals surface area contributed by atoms with Crippen LogP contribution in [0.1, 0.15) is 12.5 Å². The topological polar surface area (TPSA) is 333 Å². The van der Waals surface area contributed by atoms with Gasteiger partial charge in [-0.15, -0.1) is 0 Å². The molecule has 0 saturated carbocycles. The van der Waals surface area contributed by atoms with Crippen LogP contribution < -0.4 is 22.7 Å². The van der Waals surface area contributed by atoms with E-state index in [4.69, 9.17) is 50.8 Å². The molecule has 3 aliphatic rings. The molecular formula is C20H24N10O13P2S. The van der Waals surface area contributed by atoms with Crippen molar-refractivity contribution in [2.24, 2.45) is 0 Å². The lowest BCUT2D eigenvalue weighted by Gasteiger charge is -2.27. The minimum atomic E-state index is -5.14. The van der Waals surface area contributed by atoms with Crippen molar-refractivity contribution in [2.45, 2.75) is 49.1 Å². The van der Waals surface area contributed by atoms with E-state index in [-0.39, 0.29) is 34.1 Å². The fraction of sp³-hybridized carbons (Fsp3) is 0.500. The number of H-pyrrole nitrogens is 2.